The second-order valence-corrected chi connectivity index (χ2v) is 13.7. The summed E-state index contributed by atoms with van der Waals surface area (Å²) in [6, 6.07) is 41.4. The van der Waals surface area contributed by atoms with E-state index < -0.39 is 0 Å². The molecule has 0 N–H and O–H groups in total. The Bertz CT molecular complexity index is 1560. The van der Waals surface area contributed by atoms with Crippen molar-refractivity contribution < 1.29 is 0 Å². The summed E-state index contributed by atoms with van der Waals surface area (Å²) in [6.07, 6.45) is 3.67. The van der Waals surface area contributed by atoms with E-state index in [4.69, 9.17) is 15.8 Å². The smallest absolute Gasteiger partial charge is 0.0630 e. The SMILES string of the molecule is CSc1ccc(C(=C(c2ccc(SCCC#N)cc2)c2ccc(SCCC#N)cc2)c2ccc(SCCC#N)cc2)cc1. The van der Waals surface area contributed by atoms with E-state index in [0.717, 1.165) is 65.3 Å². The molecule has 0 saturated carbocycles. The van der Waals surface area contributed by atoms with Crippen molar-refractivity contribution in [1.82, 2.24) is 0 Å². The minimum Gasteiger partial charge on any atom is -0.198 e. The third kappa shape index (κ3) is 9.49. The average molecular weight is 634 g/mol. The summed E-state index contributed by atoms with van der Waals surface area (Å²) >= 11 is 6.83. The summed E-state index contributed by atoms with van der Waals surface area (Å²) in [7, 11) is 0. The van der Waals surface area contributed by atoms with Crippen LogP contribution in [0.1, 0.15) is 41.5 Å². The molecule has 0 aliphatic rings. The Labute approximate surface area is 272 Å². The van der Waals surface area contributed by atoms with Gasteiger partial charge in [-0.15, -0.1) is 47.0 Å². The van der Waals surface area contributed by atoms with Crippen molar-refractivity contribution in [3.05, 3.63) is 119 Å². The largest absolute Gasteiger partial charge is 0.198 e. The molecule has 4 aromatic rings. The Morgan fingerprint density at radius 1 is 0.442 bits per heavy atom. The third-order valence-electron chi connectivity index (χ3n) is 6.51. The fraction of sp³-hybridized carbons (Fsp3) is 0.194. The summed E-state index contributed by atoms with van der Waals surface area (Å²) in [5.74, 6) is 2.32. The number of rotatable bonds is 14. The van der Waals surface area contributed by atoms with Gasteiger partial charge in [-0.25, -0.2) is 0 Å². The minimum absolute atomic E-state index is 0.525. The van der Waals surface area contributed by atoms with Gasteiger partial charge in [0, 0.05) is 56.1 Å². The van der Waals surface area contributed by atoms with Gasteiger partial charge in [0.1, 0.15) is 0 Å². The molecule has 4 aromatic carbocycles. The van der Waals surface area contributed by atoms with E-state index in [1.807, 2.05) is 0 Å². The van der Waals surface area contributed by atoms with Crippen LogP contribution in [0.25, 0.3) is 11.1 Å². The molecule has 0 spiro atoms. The van der Waals surface area contributed by atoms with Crippen molar-refractivity contribution >= 4 is 58.2 Å². The number of nitriles is 3. The van der Waals surface area contributed by atoms with E-state index in [9.17, 15) is 0 Å². The molecule has 0 atom stereocenters. The molecular formula is C36H31N3S4. The van der Waals surface area contributed by atoms with Gasteiger partial charge in [-0.05, 0) is 88.2 Å². The van der Waals surface area contributed by atoms with Crippen LogP contribution < -0.4 is 0 Å². The summed E-state index contributed by atoms with van der Waals surface area (Å²) < 4.78 is 0. The summed E-state index contributed by atoms with van der Waals surface area (Å²) in [5, 5.41) is 26.8. The first kappa shape index (κ1) is 32.4. The van der Waals surface area contributed by atoms with Gasteiger partial charge in [-0.3, -0.25) is 0 Å². The van der Waals surface area contributed by atoms with E-state index in [1.165, 1.54) is 4.90 Å². The Morgan fingerprint density at radius 3 is 0.930 bits per heavy atom. The number of hydrogen-bond donors (Lipinski definition) is 0. The molecule has 0 fully saturated rings. The van der Waals surface area contributed by atoms with Gasteiger partial charge in [-0.1, -0.05) is 48.5 Å². The summed E-state index contributed by atoms with van der Waals surface area (Å²) in [5.41, 5.74) is 6.78. The molecule has 214 valence electrons. The molecule has 0 radical (unpaired) electrons. The first-order valence-corrected chi connectivity index (χ1v) is 18.0. The normalized spacial score (nSPS) is 10.4. The van der Waals surface area contributed by atoms with Crippen molar-refractivity contribution in [2.24, 2.45) is 0 Å². The molecule has 43 heavy (non-hydrogen) atoms. The highest BCUT2D eigenvalue weighted by atomic mass is 32.2. The number of thioether (sulfide) groups is 4. The average Bonchev–Trinajstić information content (AvgIpc) is 3.05. The fourth-order valence-electron chi connectivity index (χ4n) is 4.47. The summed E-state index contributed by atoms with van der Waals surface area (Å²) in [6.45, 7) is 0. The zero-order chi connectivity index (χ0) is 30.3. The molecule has 0 saturated heterocycles. The number of nitrogens with zero attached hydrogens (tertiary/aromatic N) is 3. The van der Waals surface area contributed by atoms with Crippen LogP contribution in [0.3, 0.4) is 0 Å². The number of benzene rings is 4. The van der Waals surface area contributed by atoms with Crippen LogP contribution in [0.4, 0.5) is 0 Å². The summed E-state index contributed by atoms with van der Waals surface area (Å²) in [4.78, 5) is 4.65. The molecule has 0 amide bonds. The Morgan fingerprint density at radius 2 is 0.698 bits per heavy atom. The first-order chi connectivity index (χ1) is 21.2. The fourth-order valence-corrected chi connectivity index (χ4v) is 7.15. The Balaban J connectivity index is 1.87. The monoisotopic (exact) mass is 633 g/mol. The van der Waals surface area contributed by atoms with Gasteiger partial charge in [0.05, 0.1) is 18.2 Å². The maximum absolute atomic E-state index is 8.95. The molecule has 4 rings (SSSR count). The zero-order valence-corrected chi connectivity index (χ0v) is 27.2. The van der Waals surface area contributed by atoms with Crippen LogP contribution in [0.2, 0.25) is 0 Å². The van der Waals surface area contributed by atoms with Crippen molar-refractivity contribution in [3.8, 4) is 18.2 Å². The zero-order valence-electron chi connectivity index (χ0n) is 24.0. The second-order valence-electron chi connectivity index (χ2n) is 9.32. The van der Waals surface area contributed by atoms with Crippen molar-refractivity contribution in [3.63, 3.8) is 0 Å². The van der Waals surface area contributed by atoms with E-state index in [-0.39, 0.29) is 0 Å². The highest BCUT2D eigenvalue weighted by molar-refractivity contribution is 7.99. The van der Waals surface area contributed by atoms with E-state index in [1.54, 1.807) is 47.0 Å². The van der Waals surface area contributed by atoms with E-state index in [2.05, 4.69) is 122 Å². The van der Waals surface area contributed by atoms with Gasteiger partial charge in [-0.2, -0.15) is 15.8 Å². The topological polar surface area (TPSA) is 71.4 Å². The predicted octanol–water partition coefficient (Wildman–Crippen LogP) is 10.4. The molecule has 0 bridgehead atoms. The highest BCUT2D eigenvalue weighted by Crippen LogP contribution is 2.39. The maximum atomic E-state index is 8.95. The lowest BCUT2D eigenvalue weighted by Gasteiger charge is -2.19. The highest BCUT2D eigenvalue weighted by Gasteiger charge is 2.17. The van der Waals surface area contributed by atoms with Gasteiger partial charge >= 0.3 is 0 Å². The van der Waals surface area contributed by atoms with Crippen LogP contribution in [0.5, 0.6) is 0 Å². The molecule has 0 aliphatic heterocycles. The minimum atomic E-state index is 0.525. The molecule has 0 aromatic heterocycles. The maximum Gasteiger partial charge on any atom is 0.0630 e. The molecular weight excluding hydrogens is 603 g/mol. The van der Waals surface area contributed by atoms with E-state index in [0.29, 0.717) is 19.3 Å². The van der Waals surface area contributed by atoms with E-state index >= 15 is 0 Å². The van der Waals surface area contributed by atoms with Crippen molar-refractivity contribution in [2.75, 3.05) is 23.5 Å². The lowest BCUT2D eigenvalue weighted by Crippen LogP contribution is -1.98. The van der Waals surface area contributed by atoms with Crippen molar-refractivity contribution in [1.29, 1.82) is 15.8 Å². The van der Waals surface area contributed by atoms with Crippen LogP contribution >= 0.6 is 47.0 Å². The third-order valence-corrected chi connectivity index (χ3v) is 10.3. The second kappa shape index (κ2) is 17.6. The van der Waals surface area contributed by atoms with Gasteiger partial charge < -0.3 is 0 Å². The Kier molecular flexibility index (Phi) is 13.2. The van der Waals surface area contributed by atoms with Crippen LogP contribution in [0.15, 0.2) is 117 Å². The lowest BCUT2D eigenvalue weighted by atomic mass is 9.86. The van der Waals surface area contributed by atoms with Crippen LogP contribution in [-0.4, -0.2) is 23.5 Å². The first-order valence-electron chi connectivity index (χ1n) is 13.9. The van der Waals surface area contributed by atoms with Gasteiger partial charge in [0.15, 0.2) is 0 Å². The van der Waals surface area contributed by atoms with Crippen molar-refractivity contribution in [2.45, 2.75) is 38.8 Å². The molecule has 0 aliphatic carbocycles. The van der Waals surface area contributed by atoms with Crippen LogP contribution in [0, 0.1) is 34.0 Å². The lowest BCUT2D eigenvalue weighted by molar-refractivity contribution is 1.23. The standard InChI is InChI=1S/C36H31N3S4/c1-40-31-13-5-27(6-14-31)35(28-7-15-32(16-8-28)41-24-2-21-37)36(29-9-17-33(18-10-29)42-25-3-22-38)30-11-19-34(20-12-30)43-26-4-23-39/h5-20H,2-4,24-26H2,1H3. The molecule has 0 heterocycles. The van der Waals surface area contributed by atoms with Gasteiger partial charge in [0.25, 0.3) is 0 Å². The van der Waals surface area contributed by atoms with Gasteiger partial charge in [0.2, 0.25) is 0 Å². The predicted molar refractivity (Wildman–Crippen MR) is 185 cm³/mol. The molecule has 0 unspecified atom stereocenters. The number of hydrogen-bond acceptors (Lipinski definition) is 7. The molecule has 7 heteroatoms. The van der Waals surface area contributed by atoms with Crippen LogP contribution in [-0.2, 0) is 0 Å². The quantitative estimate of drug-likeness (QED) is 0.0777. The molecule has 3 nitrogen and oxygen atoms in total. The Hall–Kier alpha value is -3.51.